The minimum absolute atomic E-state index is 0.265. The van der Waals surface area contributed by atoms with Crippen molar-refractivity contribution in [1.82, 2.24) is 9.55 Å². The van der Waals surface area contributed by atoms with E-state index in [9.17, 15) is 4.39 Å². The van der Waals surface area contributed by atoms with Crippen molar-refractivity contribution < 1.29 is 4.39 Å². The van der Waals surface area contributed by atoms with Crippen molar-refractivity contribution in [1.29, 1.82) is 0 Å². The molecule has 0 aliphatic heterocycles. The first-order valence-corrected chi connectivity index (χ1v) is 4.29. The Morgan fingerprint density at radius 2 is 2.29 bits per heavy atom. The second-order valence-electron chi connectivity index (χ2n) is 2.90. The third kappa shape index (κ3) is 1.52. The SMILES string of the molecule is NCc1nccn1-c1cccc(F)c1. The lowest BCUT2D eigenvalue weighted by molar-refractivity contribution is 0.626. The van der Waals surface area contributed by atoms with E-state index in [0.29, 0.717) is 6.54 Å². The maximum absolute atomic E-state index is 12.9. The molecular weight excluding hydrogens is 181 g/mol. The Labute approximate surface area is 81.0 Å². The minimum atomic E-state index is -0.265. The minimum Gasteiger partial charge on any atom is -0.324 e. The molecule has 0 radical (unpaired) electrons. The number of hydrogen-bond donors (Lipinski definition) is 1. The predicted octanol–water partition coefficient (Wildman–Crippen LogP) is 1.47. The third-order valence-electron chi connectivity index (χ3n) is 1.99. The summed E-state index contributed by atoms with van der Waals surface area (Å²) in [7, 11) is 0. The average molecular weight is 191 g/mol. The monoisotopic (exact) mass is 191 g/mol. The van der Waals surface area contributed by atoms with Gasteiger partial charge in [-0.15, -0.1) is 0 Å². The molecule has 2 aromatic rings. The van der Waals surface area contributed by atoms with Gasteiger partial charge in [-0.3, -0.25) is 0 Å². The van der Waals surface area contributed by atoms with Gasteiger partial charge in [0.25, 0.3) is 0 Å². The highest BCUT2D eigenvalue weighted by Gasteiger charge is 2.02. The first-order chi connectivity index (χ1) is 6.81. The quantitative estimate of drug-likeness (QED) is 0.781. The Hall–Kier alpha value is -1.68. The van der Waals surface area contributed by atoms with Crippen LogP contribution in [-0.4, -0.2) is 9.55 Å². The molecule has 0 aliphatic carbocycles. The summed E-state index contributed by atoms with van der Waals surface area (Å²) in [6.45, 7) is 0.337. The van der Waals surface area contributed by atoms with Crippen molar-refractivity contribution in [3.8, 4) is 5.69 Å². The van der Waals surface area contributed by atoms with Gasteiger partial charge in [0.1, 0.15) is 11.6 Å². The van der Waals surface area contributed by atoms with Crippen LogP contribution in [0.15, 0.2) is 36.7 Å². The molecule has 1 aromatic heterocycles. The maximum Gasteiger partial charge on any atom is 0.126 e. The number of imidazole rings is 1. The van der Waals surface area contributed by atoms with Crippen molar-refractivity contribution in [3.63, 3.8) is 0 Å². The standard InChI is InChI=1S/C10H10FN3/c11-8-2-1-3-9(6-8)14-5-4-13-10(14)7-12/h1-6H,7,12H2. The molecule has 0 aliphatic rings. The van der Waals surface area contributed by atoms with Crippen molar-refractivity contribution in [3.05, 3.63) is 48.3 Å². The predicted molar refractivity (Wildman–Crippen MR) is 51.4 cm³/mol. The van der Waals surface area contributed by atoms with Crippen molar-refractivity contribution in [2.45, 2.75) is 6.54 Å². The Kier molecular flexibility index (Phi) is 2.28. The molecule has 14 heavy (non-hydrogen) atoms. The van der Waals surface area contributed by atoms with E-state index in [1.54, 1.807) is 23.0 Å². The van der Waals surface area contributed by atoms with E-state index >= 15 is 0 Å². The maximum atomic E-state index is 12.9. The van der Waals surface area contributed by atoms with Gasteiger partial charge in [-0.1, -0.05) is 6.07 Å². The molecule has 0 saturated carbocycles. The molecule has 4 heteroatoms. The fourth-order valence-electron chi connectivity index (χ4n) is 1.35. The van der Waals surface area contributed by atoms with Gasteiger partial charge in [0, 0.05) is 18.1 Å². The first-order valence-electron chi connectivity index (χ1n) is 4.29. The van der Waals surface area contributed by atoms with E-state index in [1.165, 1.54) is 12.1 Å². The van der Waals surface area contributed by atoms with E-state index in [4.69, 9.17) is 5.73 Å². The van der Waals surface area contributed by atoms with Gasteiger partial charge in [-0.05, 0) is 18.2 Å². The zero-order valence-electron chi connectivity index (χ0n) is 7.52. The van der Waals surface area contributed by atoms with Crippen LogP contribution in [0.1, 0.15) is 5.82 Å². The second-order valence-corrected chi connectivity index (χ2v) is 2.90. The van der Waals surface area contributed by atoms with Crippen LogP contribution >= 0.6 is 0 Å². The average Bonchev–Trinajstić information content (AvgIpc) is 2.65. The molecular formula is C10H10FN3. The summed E-state index contributed by atoms with van der Waals surface area (Å²) < 4.78 is 14.7. The van der Waals surface area contributed by atoms with Gasteiger partial charge in [-0.25, -0.2) is 9.37 Å². The summed E-state index contributed by atoms with van der Waals surface area (Å²) in [6.07, 6.45) is 3.41. The van der Waals surface area contributed by atoms with Crippen LogP contribution in [0.4, 0.5) is 4.39 Å². The van der Waals surface area contributed by atoms with E-state index in [0.717, 1.165) is 11.5 Å². The fourth-order valence-corrected chi connectivity index (χ4v) is 1.35. The highest BCUT2D eigenvalue weighted by Crippen LogP contribution is 2.11. The van der Waals surface area contributed by atoms with Crippen LogP contribution in [0.25, 0.3) is 5.69 Å². The largest absolute Gasteiger partial charge is 0.324 e. The summed E-state index contributed by atoms with van der Waals surface area (Å²) in [4.78, 5) is 4.06. The molecule has 1 aromatic carbocycles. The Balaban J connectivity index is 2.49. The zero-order chi connectivity index (χ0) is 9.97. The number of rotatable bonds is 2. The normalized spacial score (nSPS) is 10.4. The summed E-state index contributed by atoms with van der Waals surface area (Å²) >= 11 is 0. The van der Waals surface area contributed by atoms with Gasteiger partial charge < -0.3 is 10.3 Å². The summed E-state index contributed by atoms with van der Waals surface area (Å²) in [5, 5.41) is 0. The summed E-state index contributed by atoms with van der Waals surface area (Å²) in [5.74, 6) is 0.453. The van der Waals surface area contributed by atoms with Gasteiger partial charge in [0.2, 0.25) is 0 Å². The van der Waals surface area contributed by atoms with E-state index in [-0.39, 0.29) is 5.82 Å². The molecule has 2 rings (SSSR count). The number of benzene rings is 1. The highest BCUT2D eigenvalue weighted by molar-refractivity contribution is 5.33. The molecule has 72 valence electrons. The van der Waals surface area contributed by atoms with Crippen molar-refractivity contribution in [2.75, 3.05) is 0 Å². The third-order valence-corrected chi connectivity index (χ3v) is 1.99. The number of nitrogens with two attached hydrogens (primary N) is 1. The summed E-state index contributed by atoms with van der Waals surface area (Å²) in [6, 6.07) is 6.32. The second kappa shape index (κ2) is 3.59. The zero-order valence-corrected chi connectivity index (χ0v) is 7.52. The molecule has 0 amide bonds. The number of aromatic nitrogens is 2. The van der Waals surface area contributed by atoms with Crippen LogP contribution in [0.5, 0.6) is 0 Å². The molecule has 0 bridgehead atoms. The molecule has 1 heterocycles. The molecule has 0 spiro atoms. The van der Waals surface area contributed by atoms with E-state index in [2.05, 4.69) is 4.98 Å². The highest BCUT2D eigenvalue weighted by atomic mass is 19.1. The van der Waals surface area contributed by atoms with Crippen LogP contribution in [0.2, 0.25) is 0 Å². The molecule has 0 unspecified atom stereocenters. The number of nitrogens with zero attached hydrogens (tertiary/aromatic N) is 2. The Bertz CT molecular complexity index is 436. The van der Waals surface area contributed by atoms with Crippen molar-refractivity contribution in [2.24, 2.45) is 5.73 Å². The van der Waals surface area contributed by atoms with E-state index in [1.807, 2.05) is 6.07 Å². The topological polar surface area (TPSA) is 43.8 Å². The lowest BCUT2D eigenvalue weighted by Crippen LogP contribution is -2.06. The molecule has 0 atom stereocenters. The molecule has 0 saturated heterocycles. The van der Waals surface area contributed by atoms with Crippen LogP contribution < -0.4 is 5.73 Å². The van der Waals surface area contributed by atoms with Crippen molar-refractivity contribution >= 4 is 0 Å². The van der Waals surface area contributed by atoms with Gasteiger partial charge in [-0.2, -0.15) is 0 Å². The lowest BCUT2D eigenvalue weighted by Gasteiger charge is -2.05. The Morgan fingerprint density at radius 3 is 3.00 bits per heavy atom. The summed E-state index contributed by atoms with van der Waals surface area (Å²) in [5.41, 5.74) is 6.23. The molecule has 3 nitrogen and oxygen atoms in total. The smallest absolute Gasteiger partial charge is 0.126 e. The lowest BCUT2D eigenvalue weighted by atomic mass is 10.3. The van der Waals surface area contributed by atoms with Gasteiger partial charge >= 0.3 is 0 Å². The first kappa shape index (κ1) is 8.90. The Morgan fingerprint density at radius 1 is 1.43 bits per heavy atom. The fraction of sp³-hybridized carbons (Fsp3) is 0.100. The number of halogens is 1. The van der Waals surface area contributed by atoms with Gasteiger partial charge in [0.15, 0.2) is 0 Å². The van der Waals surface area contributed by atoms with Crippen LogP contribution in [0.3, 0.4) is 0 Å². The van der Waals surface area contributed by atoms with Crippen LogP contribution in [0, 0.1) is 5.82 Å². The van der Waals surface area contributed by atoms with E-state index < -0.39 is 0 Å². The van der Waals surface area contributed by atoms with Crippen LogP contribution in [-0.2, 0) is 6.54 Å². The number of hydrogen-bond acceptors (Lipinski definition) is 2. The molecule has 0 fully saturated rings. The van der Waals surface area contributed by atoms with Gasteiger partial charge in [0.05, 0.1) is 6.54 Å². The molecule has 2 N–H and O–H groups in total.